The van der Waals surface area contributed by atoms with Gasteiger partial charge < -0.3 is 5.32 Å². The van der Waals surface area contributed by atoms with Gasteiger partial charge in [-0.3, -0.25) is 0 Å². The minimum Gasteiger partial charge on any atom is -0.313 e. The zero-order valence-corrected chi connectivity index (χ0v) is 13.7. The van der Waals surface area contributed by atoms with Crippen LogP contribution in [0.5, 0.6) is 0 Å². The first-order valence-electron chi connectivity index (χ1n) is 7.40. The van der Waals surface area contributed by atoms with Gasteiger partial charge >= 0.3 is 0 Å². The fraction of sp³-hybridized carbons (Fsp3) is 0.333. The van der Waals surface area contributed by atoms with Crippen LogP contribution in [-0.2, 0) is 19.3 Å². The molecule has 0 bridgehead atoms. The van der Waals surface area contributed by atoms with Gasteiger partial charge in [-0.1, -0.05) is 24.3 Å². The summed E-state index contributed by atoms with van der Waals surface area (Å²) in [5.41, 5.74) is 5.44. The van der Waals surface area contributed by atoms with Crippen molar-refractivity contribution in [1.82, 2.24) is 5.32 Å². The highest BCUT2D eigenvalue weighted by molar-refractivity contribution is 9.10. The summed E-state index contributed by atoms with van der Waals surface area (Å²) >= 11 is 3.26. The molecule has 0 aliphatic heterocycles. The highest BCUT2D eigenvalue weighted by atomic mass is 79.9. The number of rotatable bonds is 4. The van der Waals surface area contributed by atoms with Crippen LogP contribution in [-0.4, -0.2) is 7.05 Å². The Morgan fingerprint density at radius 2 is 1.95 bits per heavy atom. The van der Waals surface area contributed by atoms with E-state index in [2.05, 4.69) is 39.4 Å². The third kappa shape index (κ3) is 3.19. The van der Waals surface area contributed by atoms with Gasteiger partial charge in [-0.15, -0.1) is 0 Å². The lowest BCUT2D eigenvalue weighted by atomic mass is 9.96. The Morgan fingerprint density at radius 1 is 1.14 bits per heavy atom. The maximum absolute atomic E-state index is 13.3. The molecule has 1 atom stereocenters. The molecule has 1 N–H and O–H groups in total. The predicted octanol–water partition coefficient (Wildman–Crippen LogP) is 4.58. The number of likely N-dealkylation sites (N-methyl/N-ethyl adjacent to an activating group) is 1. The first kappa shape index (κ1) is 14.7. The molecule has 2 aromatic carbocycles. The lowest BCUT2D eigenvalue weighted by Crippen LogP contribution is -2.19. The molecule has 3 heteroatoms. The number of benzene rings is 2. The summed E-state index contributed by atoms with van der Waals surface area (Å²) in [4.78, 5) is 0. The highest BCUT2D eigenvalue weighted by Crippen LogP contribution is 2.27. The molecule has 1 nitrogen and oxygen atoms in total. The molecule has 0 saturated carbocycles. The molecule has 0 aromatic heterocycles. The second-order valence-corrected chi connectivity index (χ2v) is 6.53. The molecule has 0 amide bonds. The zero-order valence-electron chi connectivity index (χ0n) is 12.1. The Balaban J connectivity index is 1.83. The second kappa shape index (κ2) is 6.29. The summed E-state index contributed by atoms with van der Waals surface area (Å²) in [5, 5.41) is 3.38. The third-order valence-corrected chi connectivity index (χ3v) is 4.90. The van der Waals surface area contributed by atoms with Crippen molar-refractivity contribution in [3.63, 3.8) is 0 Å². The molecule has 2 aromatic rings. The van der Waals surface area contributed by atoms with Gasteiger partial charge in [-0.05, 0) is 83.0 Å². The Hall–Kier alpha value is -1.19. The van der Waals surface area contributed by atoms with E-state index in [0.29, 0.717) is 4.47 Å². The number of hydrogen-bond donors (Lipinski definition) is 1. The molecule has 110 valence electrons. The molecule has 1 unspecified atom stereocenters. The quantitative estimate of drug-likeness (QED) is 0.853. The molecule has 1 aliphatic carbocycles. The number of halogens is 2. The van der Waals surface area contributed by atoms with E-state index < -0.39 is 0 Å². The maximum atomic E-state index is 13.3. The van der Waals surface area contributed by atoms with Crippen molar-refractivity contribution >= 4 is 15.9 Å². The first-order chi connectivity index (χ1) is 10.2. The van der Waals surface area contributed by atoms with Crippen LogP contribution in [0.15, 0.2) is 40.9 Å². The van der Waals surface area contributed by atoms with Crippen LogP contribution < -0.4 is 5.32 Å². The van der Waals surface area contributed by atoms with Gasteiger partial charge in [0.15, 0.2) is 0 Å². The normalized spacial score (nSPS) is 15.0. The lowest BCUT2D eigenvalue weighted by molar-refractivity contribution is 0.587. The summed E-state index contributed by atoms with van der Waals surface area (Å²) in [6.45, 7) is 0. The van der Waals surface area contributed by atoms with E-state index in [9.17, 15) is 4.39 Å². The fourth-order valence-corrected chi connectivity index (χ4v) is 3.52. The van der Waals surface area contributed by atoms with E-state index >= 15 is 0 Å². The van der Waals surface area contributed by atoms with Crippen LogP contribution in [0.3, 0.4) is 0 Å². The average molecular weight is 348 g/mol. The fourth-order valence-electron chi connectivity index (χ4n) is 3.10. The maximum Gasteiger partial charge on any atom is 0.137 e. The summed E-state index contributed by atoms with van der Waals surface area (Å²) < 4.78 is 13.9. The predicted molar refractivity (Wildman–Crippen MR) is 88.1 cm³/mol. The minimum absolute atomic E-state index is 0.211. The van der Waals surface area contributed by atoms with Crippen molar-refractivity contribution in [3.8, 4) is 0 Å². The van der Waals surface area contributed by atoms with Crippen LogP contribution in [0.2, 0.25) is 0 Å². The smallest absolute Gasteiger partial charge is 0.137 e. The van der Waals surface area contributed by atoms with Crippen LogP contribution in [0.1, 0.15) is 34.7 Å². The summed E-state index contributed by atoms with van der Waals surface area (Å²) in [7, 11) is 1.98. The molecule has 1 aliphatic rings. The first-order valence-corrected chi connectivity index (χ1v) is 8.19. The van der Waals surface area contributed by atoms with Crippen molar-refractivity contribution < 1.29 is 4.39 Å². The molecule has 3 rings (SSSR count). The molecular formula is C18H19BrFN. The molecule has 21 heavy (non-hydrogen) atoms. The summed E-state index contributed by atoms with van der Waals surface area (Å²) in [6.07, 6.45) is 4.54. The summed E-state index contributed by atoms with van der Waals surface area (Å²) in [5.74, 6) is -0.211. The Bertz CT molecular complexity index is 654. The van der Waals surface area contributed by atoms with Gasteiger partial charge in [-0.25, -0.2) is 4.39 Å². The van der Waals surface area contributed by atoms with E-state index in [0.717, 1.165) is 12.0 Å². The highest BCUT2D eigenvalue weighted by Gasteiger charge is 2.16. The number of fused-ring (bicyclic) bond motifs is 1. The van der Waals surface area contributed by atoms with Gasteiger partial charge in [0.25, 0.3) is 0 Å². The van der Waals surface area contributed by atoms with Crippen molar-refractivity contribution in [2.24, 2.45) is 0 Å². The van der Waals surface area contributed by atoms with Crippen molar-refractivity contribution in [1.29, 1.82) is 0 Å². The second-order valence-electron chi connectivity index (χ2n) is 5.68. The van der Waals surface area contributed by atoms with Crippen molar-refractivity contribution in [2.75, 3.05) is 7.05 Å². The van der Waals surface area contributed by atoms with Gasteiger partial charge in [-0.2, -0.15) is 0 Å². The lowest BCUT2D eigenvalue weighted by Gasteiger charge is -2.18. The van der Waals surface area contributed by atoms with Crippen molar-refractivity contribution in [3.05, 3.63) is 68.9 Å². The van der Waals surface area contributed by atoms with Gasteiger partial charge in [0.2, 0.25) is 0 Å². The molecule has 0 fully saturated rings. The molecule has 0 saturated heterocycles. The Labute approximate surface area is 133 Å². The Kier molecular flexibility index (Phi) is 4.41. The summed E-state index contributed by atoms with van der Waals surface area (Å²) in [6, 6.07) is 12.3. The largest absolute Gasteiger partial charge is 0.313 e. The minimum atomic E-state index is -0.211. The SMILES string of the molecule is CNC(Cc1ccc(F)c(Br)c1)c1ccc2c(c1)CCC2. The molecule has 0 heterocycles. The number of aryl methyl sites for hydroxylation is 2. The Morgan fingerprint density at radius 3 is 2.71 bits per heavy atom. The zero-order chi connectivity index (χ0) is 14.8. The molecular weight excluding hydrogens is 329 g/mol. The number of nitrogens with one attached hydrogen (secondary N) is 1. The third-order valence-electron chi connectivity index (χ3n) is 4.30. The topological polar surface area (TPSA) is 12.0 Å². The van der Waals surface area contributed by atoms with Crippen LogP contribution in [0.4, 0.5) is 4.39 Å². The van der Waals surface area contributed by atoms with E-state index in [1.54, 1.807) is 0 Å². The van der Waals surface area contributed by atoms with Gasteiger partial charge in [0, 0.05) is 6.04 Å². The van der Waals surface area contributed by atoms with Gasteiger partial charge in [0.05, 0.1) is 4.47 Å². The van der Waals surface area contributed by atoms with E-state index in [4.69, 9.17) is 0 Å². The van der Waals surface area contributed by atoms with Crippen molar-refractivity contribution in [2.45, 2.75) is 31.7 Å². The van der Waals surface area contributed by atoms with Crippen LogP contribution >= 0.6 is 15.9 Å². The molecule has 0 spiro atoms. The van der Waals surface area contributed by atoms with Crippen LogP contribution in [0, 0.1) is 5.82 Å². The number of hydrogen-bond acceptors (Lipinski definition) is 1. The molecule has 0 radical (unpaired) electrons. The van der Waals surface area contributed by atoms with E-state index in [1.165, 1.54) is 42.0 Å². The average Bonchev–Trinajstić information content (AvgIpc) is 2.95. The van der Waals surface area contributed by atoms with E-state index in [-0.39, 0.29) is 11.9 Å². The van der Waals surface area contributed by atoms with Gasteiger partial charge in [0.1, 0.15) is 5.82 Å². The monoisotopic (exact) mass is 347 g/mol. The van der Waals surface area contributed by atoms with Crippen LogP contribution in [0.25, 0.3) is 0 Å². The van der Waals surface area contributed by atoms with E-state index in [1.807, 2.05) is 19.2 Å². The standard InChI is InChI=1S/C18H19BrFN/c1-21-18(10-12-5-8-17(20)16(19)9-12)15-7-6-13-3-2-4-14(13)11-15/h5-9,11,18,21H,2-4,10H2,1H3.